The molecule has 0 atom stereocenters. The standard InChI is InChI=1S/2C4H5N3O8.Pb/c2*8-3(9)1-2-4(5(10)11,6(12)13)7(14)15;/h2*1-2H2,(H,8,9);/q;;+2. The van der Waals surface area contributed by atoms with Gasteiger partial charge in [-0.3, -0.25) is 0 Å². The maximum atomic E-state index is 11.8. The number of nitrogens with zero attached hydrogens (tertiary/aromatic N) is 6. The number of nitro groups is 4. The predicted octanol–water partition coefficient (Wildman–Crippen LogP) is -1.91. The summed E-state index contributed by atoms with van der Waals surface area (Å²) in [6.45, 7) is 0. The second-order valence-electron chi connectivity index (χ2n) is 5.14. The van der Waals surface area contributed by atoms with Crippen molar-refractivity contribution in [2.75, 3.05) is 0 Å². The van der Waals surface area contributed by atoms with Crippen LogP contribution >= 0.6 is 0 Å². The Hall–Kier alpha value is -3.74. The Labute approximate surface area is 179 Å². The summed E-state index contributed by atoms with van der Waals surface area (Å²) < 4.78 is 8.17. The first-order chi connectivity index (χ1) is 14.2. The van der Waals surface area contributed by atoms with Crippen molar-refractivity contribution in [1.82, 2.24) is 0 Å². The van der Waals surface area contributed by atoms with Crippen LogP contribution in [0.1, 0.15) is 25.7 Å². The summed E-state index contributed by atoms with van der Waals surface area (Å²) in [4.78, 5) is 79.0. The van der Waals surface area contributed by atoms with Crippen molar-refractivity contribution in [2.45, 2.75) is 37.3 Å². The van der Waals surface area contributed by atoms with Gasteiger partial charge in [0.15, 0.2) is 0 Å². The van der Waals surface area contributed by atoms with Gasteiger partial charge >= 0.3 is 180 Å². The Kier molecular flexibility index (Phi) is 9.56. The Bertz CT molecular complexity index is 733. The van der Waals surface area contributed by atoms with Gasteiger partial charge in [-0.05, 0) is 0 Å². The molecule has 2 radical (unpaired) electrons. The zero-order valence-electron chi connectivity index (χ0n) is 14.6. The fourth-order valence-corrected chi connectivity index (χ4v) is 3.52. The van der Waals surface area contributed by atoms with E-state index >= 15 is 0 Å². The Balaban J connectivity index is 5.58. The second-order valence-corrected chi connectivity index (χ2v) is 7.21. The molecule has 0 rings (SSSR count). The van der Waals surface area contributed by atoms with E-state index in [1.165, 1.54) is 0 Å². The third-order valence-electron chi connectivity index (χ3n) is 3.34. The number of aliphatic carboxylic acids is 2. The van der Waals surface area contributed by atoms with E-state index in [4.69, 9.17) is 10.2 Å². The van der Waals surface area contributed by atoms with Gasteiger partial charge in [0.25, 0.3) is 0 Å². The van der Waals surface area contributed by atoms with Crippen molar-refractivity contribution in [3.05, 3.63) is 50.3 Å². The predicted molar refractivity (Wildman–Crippen MR) is 82.4 cm³/mol. The first kappa shape index (κ1) is 27.3. The van der Waals surface area contributed by atoms with E-state index < -0.39 is 104 Å². The van der Waals surface area contributed by atoms with Gasteiger partial charge in [-0.25, -0.2) is 0 Å². The number of hydrogen-bond acceptors (Lipinski definition) is 14. The Morgan fingerprint density at radius 3 is 1.13 bits per heavy atom. The normalized spacial score (nSPS) is 11.1. The summed E-state index contributed by atoms with van der Waals surface area (Å²) in [5.41, 5.74) is 0. The van der Waals surface area contributed by atoms with Crippen LogP contribution in [-0.2, 0) is 15.2 Å². The zero-order chi connectivity index (χ0) is 24.6. The summed E-state index contributed by atoms with van der Waals surface area (Å²) in [5, 5.41) is 61.1. The molecule has 0 unspecified atom stereocenters. The van der Waals surface area contributed by atoms with Gasteiger partial charge in [-0.1, -0.05) is 0 Å². The van der Waals surface area contributed by atoms with Crippen LogP contribution in [-0.4, -0.2) is 88.4 Å². The molecule has 22 nitrogen and oxygen atoms in total. The van der Waals surface area contributed by atoms with Gasteiger partial charge < -0.3 is 0 Å². The van der Waals surface area contributed by atoms with Crippen molar-refractivity contribution >= 4 is 37.1 Å². The van der Waals surface area contributed by atoms with Crippen LogP contribution in [0.5, 0.6) is 0 Å². The minimum atomic E-state index is -3.91. The van der Waals surface area contributed by atoms with Crippen molar-refractivity contribution < 1.29 is 54.9 Å². The minimum absolute atomic E-state index is 1.24. The third-order valence-corrected chi connectivity index (χ3v) is 5.21. The van der Waals surface area contributed by atoms with Crippen molar-refractivity contribution in [3.63, 3.8) is 0 Å². The number of carboxylic acid groups (broad SMARTS) is 2. The van der Waals surface area contributed by atoms with Crippen molar-refractivity contribution in [1.29, 1.82) is 0 Å². The van der Waals surface area contributed by atoms with E-state index in [-0.39, 0.29) is 0 Å². The van der Waals surface area contributed by atoms with Gasteiger partial charge in [-0.2, -0.15) is 0 Å². The first-order valence-corrected chi connectivity index (χ1v) is 10.4. The second kappa shape index (κ2) is 10.9. The molecule has 0 aliphatic heterocycles. The molecule has 0 aromatic carbocycles. The van der Waals surface area contributed by atoms with Gasteiger partial charge in [-0.15, -0.1) is 0 Å². The SMILES string of the molecule is O=C(O)CCC([N+](=O)[O-])([N+](=O)[O-])[N+](=O)[O][Pb][O][N+](=O)C(CCC(=O)O)([N+](=O)[O-])[N+](=O)[O-]. The summed E-state index contributed by atoms with van der Waals surface area (Å²) in [7, 11) is 0. The summed E-state index contributed by atoms with van der Waals surface area (Å²) >= 11 is -3.91. The molecule has 0 aromatic heterocycles. The van der Waals surface area contributed by atoms with E-state index in [9.17, 15) is 59.9 Å². The number of carboxylic acids is 2. The number of carbonyl (C=O) groups is 2. The topological polar surface area (TPSA) is 306 Å². The molecule has 0 fully saturated rings. The maximum absolute atomic E-state index is 11.8. The first-order valence-electron chi connectivity index (χ1n) is 7.21. The molecule has 2 N–H and O–H groups in total. The molecule has 0 aromatic rings. The molecule has 0 amide bonds. The van der Waals surface area contributed by atoms with Crippen LogP contribution in [0, 0.1) is 50.3 Å². The summed E-state index contributed by atoms with van der Waals surface area (Å²) in [5.74, 6) is -11.3. The van der Waals surface area contributed by atoms with E-state index in [2.05, 4.69) is 5.58 Å². The average molecular weight is 653 g/mol. The molecular formula is C8H10N6O16Pb+2. The molecule has 0 aliphatic carbocycles. The van der Waals surface area contributed by atoms with Gasteiger partial charge in [0, 0.05) is 0 Å². The molecule has 23 heteroatoms. The molecule has 31 heavy (non-hydrogen) atoms. The number of hydrogen-bond donors (Lipinski definition) is 2. The van der Waals surface area contributed by atoms with E-state index in [1.54, 1.807) is 0 Å². The molecule has 0 bridgehead atoms. The monoisotopic (exact) mass is 654 g/mol. The van der Waals surface area contributed by atoms with Crippen molar-refractivity contribution in [3.8, 4) is 0 Å². The van der Waals surface area contributed by atoms with E-state index in [0.717, 1.165) is 0 Å². The third kappa shape index (κ3) is 6.12. The van der Waals surface area contributed by atoms with Crippen LogP contribution in [0.15, 0.2) is 0 Å². The fraction of sp³-hybridized carbons (Fsp3) is 0.750. The fourth-order valence-electron chi connectivity index (χ4n) is 1.73. The van der Waals surface area contributed by atoms with Gasteiger partial charge in [0.1, 0.15) is 0 Å². The molecular weight excluding hydrogens is 643 g/mol. The summed E-state index contributed by atoms with van der Waals surface area (Å²) in [6.07, 6.45) is -5.51. The van der Waals surface area contributed by atoms with Crippen LogP contribution in [0.25, 0.3) is 0 Å². The summed E-state index contributed by atoms with van der Waals surface area (Å²) in [6, 6.07) is 0. The molecule has 0 saturated heterocycles. The van der Waals surface area contributed by atoms with Crippen LogP contribution < -0.4 is 0 Å². The quantitative estimate of drug-likeness (QED) is 0.0794. The van der Waals surface area contributed by atoms with Crippen LogP contribution in [0.2, 0.25) is 0 Å². The average Bonchev–Trinajstić information content (AvgIpc) is 2.60. The Morgan fingerprint density at radius 1 is 0.677 bits per heavy atom. The molecule has 0 spiro atoms. The van der Waals surface area contributed by atoms with Crippen LogP contribution in [0.4, 0.5) is 0 Å². The molecule has 170 valence electrons. The molecule has 0 heterocycles. The Morgan fingerprint density at radius 2 is 0.935 bits per heavy atom. The van der Waals surface area contributed by atoms with Crippen LogP contribution in [0.3, 0.4) is 0 Å². The molecule has 0 saturated carbocycles. The van der Waals surface area contributed by atoms with Gasteiger partial charge in [0.2, 0.25) is 0 Å². The van der Waals surface area contributed by atoms with Gasteiger partial charge in [0.05, 0.1) is 0 Å². The van der Waals surface area contributed by atoms with E-state index in [0.29, 0.717) is 0 Å². The zero-order valence-corrected chi connectivity index (χ0v) is 18.5. The van der Waals surface area contributed by atoms with E-state index in [1.807, 2.05) is 0 Å². The van der Waals surface area contributed by atoms with Crippen molar-refractivity contribution in [2.24, 2.45) is 0 Å². The molecule has 0 aliphatic rings. The number of rotatable bonds is 16.